The molecule has 1 aromatic carbocycles. The minimum atomic E-state index is -1.34. The van der Waals surface area contributed by atoms with Crippen molar-refractivity contribution in [1.29, 1.82) is 0 Å². The predicted octanol–water partition coefficient (Wildman–Crippen LogP) is 6.97. The minimum absolute atomic E-state index is 0.105. The number of thiazole rings is 3. The van der Waals surface area contributed by atoms with Crippen LogP contribution in [0.25, 0.3) is 28.4 Å². The summed E-state index contributed by atoms with van der Waals surface area (Å²) in [6, 6.07) is 5.78. The number of nitrogens with two attached hydrogens (primary N) is 1. The molecule has 11 nitrogen and oxygen atoms in total. The number of carbonyl (C=O) groups excluding carboxylic acids is 1. The van der Waals surface area contributed by atoms with Gasteiger partial charge >= 0.3 is 71.3 Å². The van der Waals surface area contributed by atoms with Crippen molar-refractivity contribution in [1.82, 2.24) is 34.5 Å². The van der Waals surface area contributed by atoms with E-state index in [1.165, 1.54) is 10.5 Å². The van der Waals surface area contributed by atoms with Crippen molar-refractivity contribution in [3.05, 3.63) is 105 Å². The van der Waals surface area contributed by atoms with Crippen molar-refractivity contribution in [3.8, 4) is 0 Å². The molecular weight excluding hydrogens is 891 g/mol. The Labute approximate surface area is 347 Å². The summed E-state index contributed by atoms with van der Waals surface area (Å²) in [6.45, 7) is 12.0. The SMILES string of the molecule is C=C(/C=C\c1cscn1)CSc1cncn(C)cncn1.CCOC(=O)C1C=c2scnc2=CC1.CP(C)(C)(CN)CI.OCc1ccc2ncsc2c1. The molecule has 4 aromatic heterocycles. The van der Waals surface area contributed by atoms with Gasteiger partial charge in [-0.15, -0.1) is 45.8 Å². The van der Waals surface area contributed by atoms with Crippen molar-refractivity contribution >= 4 is 109 Å². The van der Waals surface area contributed by atoms with Crippen molar-refractivity contribution in [3.63, 3.8) is 0 Å². The fourth-order valence-electron chi connectivity index (χ4n) is 3.78. The monoisotopic (exact) mass is 938 g/mol. The van der Waals surface area contributed by atoms with Crippen molar-refractivity contribution in [2.45, 2.75) is 25.0 Å². The summed E-state index contributed by atoms with van der Waals surface area (Å²) in [6.07, 6.45) is 16.0. The maximum absolute atomic E-state index is 11.4. The molecule has 3 N–H and O–H groups in total. The van der Waals surface area contributed by atoms with E-state index in [1.54, 1.807) is 74.7 Å². The van der Waals surface area contributed by atoms with E-state index < -0.39 is 6.60 Å². The summed E-state index contributed by atoms with van der Waals surface area (Å²) in [4.78, 5) is 36.4. The number of aliphatic hydroxyl groups excluding tert-OH is 1. The van der Waals surface area contributed by atoms with E-state index in [0.29, 0.717) is 13.0 Å². The maximum atomic E-state index is 11.4. The Bertz CT molecular complexity index is 2120. The van der Waals surface area contributed by atoms with Gasteiger partial charge in [0.15, 0.2) is 0 Å². The molecule has 290 valence electrons. The van der Waals surface area contributed by atoms with Gasteiger partial charge in [-0.25, -0.2) is 29.9 Å². The van der Waals surface area contributed by atoms with E-state index in [4.69, 9.17) is 15.6 Å². The molecule has 4 heterocycles. The fraction of sp³-hybridized carbons (Fsp3) is 0.324. The molecular formula is C37H48IN8O3PS4. The number of aromatic nitrogens is 7. The molecule has 1 aliphatic carbocycles. The van der Waals surface area contributed by atoms with Gasteiger partial charge in [0.1, 0.15) is 11.4 Å². The van der Waals surface area contributed by atoms with Crippen LogP contribution in [0.1, 0.15) is 24.6 Å². The summed E-state index contributed by atoms with van der Waals surface area (Å²) in [5.41, 5.74) is 14.9. The Balaban J connectivity index is 0.000000206. The van der Waals surface area contributed by atoms with E-state index in [1.807, 2.05) is 72.9 Å². The molecule has 5 aromatic rings. The zero-order valence-corrected chi connectivity index (χ0v) is 37.4. The number of benzene rings is 1. The number of alkyl halides is 1. The zero-order valence-electron chi connectivity index (χ0n) is 31.1. The number of halogens is 1. The first-order valence-corrected chi connectivity index (χ1v) is 25.9. The topological polar surface area (TPSA) is 155 Å². The van der Waals surface area contributed by atoms with Gasteiger partial charge in [-0.3, -0.25) is 4.79 Å². The Morgan fingerprint density at radius 1 is 1.15 bits per heavy atom. The Morgan fingerprint density at radius 2 is 1.93 bits per heavy atom. The Morgan fingerprint density at radius 3 is 2.61 bits per heavy atom. The summed E-state index contributed by atoms with van der Waals surface area (Å²) < 4.78 is 10.2. The smallest absolute Gasteiger partial charge is 0.0812 e. The second kappa shape index (κ2) is 23.2. The maximum Gasteiger partial charge on any atom is 0.0812 e. The summed E-state index contributed by atoms with van der Waals surface area (Å²) in [7, 11) is 1.86. The Kier molecular flexibility index (Phi) is 19.5. The van der Waals surface area contributed by atoms with Crippen molar-refractivity contribution < 1.29 is 14.6 Å². The number of carbonyl (C=O) groups is 1. The summed E-state index contributed by atoms with van der Waals surface area (Å²) in [5, 5.41) is 12.6. The van der Waals surface area contributed by atoms with Crippen LogP contribution in [-0.4, -0.2) is 88.4 Å². The molecule has 0 saturated heterocycles. The molecule has 0 radical (unpaired) electrons. The van der Waals surface area contributed by atoms with Crippen LogP contribution in [-0.2, 0) is 23.2 Å². The van der Waals surface area contributed by atoms with E-state index in [2.05, 4.69) is 79.1 Å². The number of hydrogen-bond donors (Lipinski definition) is 2. The quantitative estimate of drug-likeness (QED) is 0.0373. The minimum Gasteiger partial charge on any atom is -0.392 e. The molecule has 1 aliphatic rings. The van der Waals surface area contributed by atoms with E-state index in [0.717, 1.165) is 54.0 Å². The van der Waals surface area contributed by atoms with Crippen LogP contribution < -0.4 is 15.6 Å². The van der Waals surface area contributed by atoms with Gasteiger partial charge in [0, 0.05) is 18.2 Å². The van der Waals surface area contributed by atoms with Crippen LogP contribution in [0.4, 0.5) is 0 Å². The molecule has 1 atom stereocenters. The van der Waals surface area contributed by atoms with Gasteiger partial charge in [-0.1, -0.05) is 30.9 Å². The molecule has 0 saturated carbocycles. The molecule has 0 spiro atoms. The van der Waals surface area contributed by atoms with Crippen LogP contribution in [0.5, 0.6) is 0 Å². The van der Waals surface area contributed by atoms with Crippen LogP contribution in [0.3, 0.4) is 0 Å². The van der Waals surface area contributed by atoms with E-state index in [9.17, 15) is 4.79 Å². The molecule has 17 heteroatoms. The number of ether oxygens (including phenoxy) is 1. The molecule has 0 aliphatic heterocycles. The van der Waals surface area contributed by atoms with Crippen molar-refractivity contribution in [2.24, 2.45) is 18.7 Å². The van der Waals surface area contributed by atoms with Crippen LogP contribution in [0.2, 0.25) is 0 Å². The zero-order chi connectivity index (χ0) is 39.4. The third kappa shape index (κ3) is 16.8. The average Bonchev–Trinajstić information content (AvgIpc) is 3.97. The Hall–Kier alpha value is -2.96. The number of allylic oxidation sites excluding steroid dienone is 1. The third-order valence-corrected chi connectivity index (χ3v) is 20.2. The second-order valence-corrected chi connectivity index (χ2v) is 26.3. The number of aryl methyl sites for hydroxylation is 1. The normalized spacial score (nSPS) is 13.8. The number of nitrogens with zero attached hydrogens (tertiary/aromatic N) is 7. The summed E-state index contributed by atoms with van der Waals surface area (Å²) in [5.74, 6) is 0.476. The molecule has 0 fully saturated rings. The number of fused-ring (bicyclic) bond motifs is 2. The largest absolute Gasteiger partial charge is 0.392 e. The van der Waals surface area contributed by atoms with E-state index in [-0.39, 0.29) is 18.5 Å². The van der Waals surface area contributed by atoms with Crippen LogP contribution in [0.15, 0.2) is 88.5 Å². The molecule has 0 bridgehead atoms. The number of rotatable bonds is 10. The number of esters is 1. The molecule has 6 rings (SSSR count). The van der Waals surface area contributed by atoms with Gasteiger partial charge in [0.05, 0.1) is 80.3 Å². The standard InChI is InChI=1S/C14H15N5S2.C10H11NO2S.C8H7NOS.C5H15INP/c1-12(3-4-13-7-20-11-18-13)6-21-14-5-15-9-19(2)10-16-8-17-14;1-2-13-10(12)7-3-4-8-9(5-7)14-6-11-8;10-4-6-1-2-7-8(3-6)11-5-9-7;1-8(2,3,4-6)5-7/h3-5,7-11H,1,6H2,2H3;4-7H,2-3H2,1H3;1-3,5,10H,4H2;4-5,7H2,1-3H3/b4-3-,14-5?,15-9?,16-10?,17-8?;;;. The first kappa shape index (κ1) is 45.4. The van der Waals surface area contributed by atoms with Gasteiger partial charge < -0.3 is 14.4 Å². The summed E-state index contributed by atoms with van der Waals surface area (Å²) >= 11 is 8.72. The van der Waals surface area contributed by atoms with Crippen LogP contribution in [0, 0.1) is 5.92 Å². The third-order valence-electron chi connectivity index (χ3n) is 7.11. The van der Waals surface area contributed by atoms with E-state index >= 15 is 0 Å². The first-order valence-electron chi connectivity index (χ1n) is 16.7. The molecule has 0 amide bonds. The number of thioether (sulfide) groups is 1. The van der Waals surface area contributed by atoms with Gasteiger partial charge in [0.25, 0.3) is 0 Å². The predicted molar refractivity (Wildman–Crippen MR) is 241 cm³/mol. The van der Waals surface area contributed by atoms with Gasteiger partial charge in [0.2, 0.25) is 0 Å². The fourth-order valence-corrected chi connectivity index (χ4v) is 7.44. The van der Waals surface area contributed by atoms with Gasteiger partial charge in [-0.05, 0) is 42.7 Å². The van der Waals surface area contributed by atoms with Crippen LogP contribution >= 0.6 is 75.0 Å². The van der Waals surface area contributed by atoms with Gasteiger partial charge in [-0.2, -0.15) is 0 Å². The van der Waals surface area contributed by atoms with Crippen molar-refractivity contribution in [2.75, 3.05) is 42.8 Å². The number of hydrogen-bond acceptors (Lipinski definition) is 14. The average molecular weight is 939 g/mol. The molecule has 1 unspecified atom stereocenters. The number of aliphatic hydroxyl groups is 1. The molecule has 54 heavy (non-hydrogen) atoms. The first-order chi connectivity index (χ1) is 25.8. The second-order valence-electron chi connectivity index (χ2n) is 13.2.